The minimum Gasteiger partial charge on any atom is -0.478 e. The lowest BCUT2D eigenvalue weighted by molar-refractivity contribution is 0.000203. The van der Waals surface area contributed by atoms with Gasteiger partial charge in [0.05, 0.1) is 22.8 Å². The molecular formula is C22H30O6. The van der Waals surface area contributed by atoms with Crippen LogP contribution in [0.15, 0.2) is 60.7 Å². The molecule has 2 aromatic carbocycles. The standard InChI is InChI=1S/C8H18O2.2C7H6O2/c1-4-7(9)6-8(3,10)5-2;2*8-7(9)6-4-2-1-3-5-6/h7,9-10H,4-6H2,1-3H3;2*1-5H,(H,8,9). The van der Waals surface area contributed by atoms with Crippen molar-refractivity contribution < 1.29 is 30.0 Å². The van der Waals surface area contributed by atoms with Gasteiger partial charge in [-0.1, -0.05) is 50.2 Å². The minimum absolute atomic E-state index is 0.331. The molecule has 0 fully saturated rings. The molecule has 0 aliphatic heterocycles. The Morgan fingerprint density at radius 2 is 1.21 bits per heavy atom. The third kappa shape index (κ3) is 11.8. The number of aliphatic hydroxyl groups excluding tert-OH is 1. The SMILES string of the molecule is CCC(O)CC(C)(O)CC.O=C(O)c1ccccc1.O=C(O)c1ccccc1. The second kappa shape index (κ2) is 13.5. The van der Waals surface area contributed by atoms with E-state index >= 15 is 0 Å². The summed E-state index contributed by atoms with van der Waals surface area (Å²) in [6, 6.07) is 16.6. The van der Waals surface area contributed by atoms with Crippen molar-refractivity contribution in [1.29, 1.82) is 0 Å². The quantitative estimate of drug-likeness (QED) is 0.591. The fourth-order valence-corrected chi connectivity index (χ4v) is 1.96. The zero-order valence-electron chi connectivity index (χ0n) is 16.6. The van der Waals surface area contributed by atoms with E-state index in [1.54, 1.807) is 67.6 Å². The van der Waals surface area contributed by atoms with Gasteiger partial charge >= 0.3 is 11.9 Å². The van der Waals surface area contributed by atoms with Gasteiger partial charge < -0.3 is 20.4 Å². The molecule has 4 N–H and O–H groups in total. The molecule has 0 aliphatic carbocycles. The third-order valence-corrected chi connectivity index (χ3v) is 3.95. The van der Waals surface area contributed by atoms with E-state index in [9.17, 15) is 14.7 Å². The fourth-order valence-electron chi connectivity index (χ4n) is 1.96. The predicted octanol–water partition coefficient (Wildman–Crippen LogP) is 4.08. The van der Waals surface area contributed by atoms with Crippen LogP contribution in [-0.2, 0) is 0 Å². The van der Waals surface area contributed by atoms with Gasteiger partial charge in [-0.05, 0) is 44.0 Å². The predicted molar refractivity (Wildman–Crippen MR) is 109 cm³/mol. The van der Waals surface area contributed by atoms with Crippen molar-refractivity contribution >= 4 is 11.9 Å². The molecule has 6 nitrogen and oxygen atoms in total. The van der Waals surface area contributed by atoms with Gasteiger partial charge in [-0.15, -0.1) is 0 Å². The van der Waals surface area contributed by atoms with Gasteiger partial charge in [0.15, 0.2) is 0 Å². The Kier molecular flexibility index (Phi) is 12.2. The van der Waals surface area contributed by atoms with Crippen LogP contribution in [0.25, 0.3) is 0 Å². The third-order valence-electron chi connectivity index (χ3n) is 3.95. The first-order valence-corrected chi connectivity index (χ1v) is 9.10. The van der Waals surface area contributed by atoms with Gasteiger partial charge in [0.2, 0.25) is 0 Å². The van der Waals surface area contributed by atoms with Crippen LogP contribution < -0.4 is 0 Å². The Balaban J connectivity index is 0.000000391. The average molecular weight is 390 g/mol. The van der Waals surface area contributed by atoms with E-state index in [0.29, 0.717) is 24.0 Å². The number of carbonyl (C=O) groups is 2. The molecule has 0 aliphatic rings. The van der Waals surface area contributed by atoms with Gasteiger partial charge in [-0.2, -0.15) is 0 Å². The lowest BCUT2D eigenvalue weighted by Crippen LogP contribution is -2.28. The Morgan fingerprint density at radius 1 is 0.857 bits per heavy atom. The van der Waals surface area contributed by atoms with Crippen LogP contribution in [0.2, 0.25) is 0 Å². The van der Waals surface area contributed by atoms with E-state index < -0.39 is 17.5 Å². The number of carboxylic acid groups (broad SMARTS) is 2. The Labute approximate surface area is 166 Å². The molecule has 154 valence electrons. The molecule has 0 spiro atoms. The van der Waals surface area contributed by atoms with Crippen LogP contribution >= 0.6 is 0 Å². The molecule has 0 amide bonds. The molecule has 2 atom stereocenters. The summed E-state index contributed by atoms with van der Waals surface area (Å²) in [5.41, 5.74) is -0.0231. The topological polar surface area (TPSA) is 115 Å². The molecule has 2 rings (SSSR count). The zero-order valence-corrected chi connectivity index (χ0v) is 16.6. The number of aromatic carboxylic acids is 2. The first kappa shape index (κ1) is 25.3. The summed E-state index contributed by atoms with van der Waals surface area (Å²) < 4.78 is 0. The summed E-state index contributed by atoms with van der Waals surface area (Å²) in [5, 5.41) is 35.4. The molecule has 28 heavy (non-hydrogen) atoms. The van der Waals surface area contributed by atoms with Crippen molar-refractivity contribution in [3.8, 4) is 0 Å². The van der Waals surface area contributed by atoms with Gasteiger partial charge in [-0.25, -0.2) is 9.59 Å². The maximum atomic E-state index is 10.2. The van der Waals surface area contributed by atoms with E-state index in [1.807, 2.05) is 13.8 Å². The number of rotatable bonds is 6. The second-order valence-electron chi connectivity index (χ2n) is 6.46. The Bertz CT molecular complexity index is 633. The largest absolute Gasteiger partial charge is 0.478 e. The summed E-state index contributed by atoms with van der Waals surface area (Å²) >= 11 is 0. The van der Waals surface area contributed by atoms with E-state index in [4.69, 9.17) is 15.3 Å². The first-order chi connectivity index (χ1) is 13.1. The molecular weight excluding hydrogens is 360 g/mol. The lowest BCUT2D eigenvalue weighted by atomic mass is 9.95. The van der Waals surface area contributed by atoms with Crippen LogP contribution in [0.1, 0.15) is 60.7 Å². The van der Waals surface area contributed by atoms with Crippen molar-refractivity contribution in [2.24, 2.45) is 0 Å². The average Bonchev–Trinajstić information content (AvgIpc) is 2.70. The van der Waals surface area contributed by atoms with Crippen molar-refractivity contribution in [2.75, 3.05) is 0 Å². The monoisotopic (exact) mass is 390 g/mol. The van der Waals surface area contributed by atoms with Gasteiger partial charge in [0.25, 0.3) is 0 Å². The molecule has 0 aromatic heterocycles. The number of hydrogen-bond donors (Lipinski definition) is 4. The van der Waals surface area contributed by atoms with Gasteiger partial charge in [0.1, 0.15) is 0 Å². The number of carboxylic acids is 2. The molecule has 0 heterocycles. The summed E-state index contributed by atoms with van der Waals surface area (Å²) in [7, 11) is 0. The Hall–Kier alpha value is -2.70. The highest BCUT2D eigenvalue weighted by Gasteiger charge is 2.20. The molecule has 2 aromatic rings. The molecule has 6 heteroatoms. The summed E-state index contributed by atoms with van der Waals surface area (Å²) in [4.78, 5) is 20.4. The Morgan fingerprint density at radius 3 is 1.43 bits per heavy atom. The number of aliphatic hydroxyl groups is 2. The first-order valence-electron chi connectivity index (χ1n) is 9.10. The normalized spacial score (nSPS) is 12.9. The maximum absolute atomic E-state index is 10.2. The van der Waals surface area contributed by atoms with Crippen molar-refractivity contribution in [3.63, 3.8) is 0 Å². The zero-order chi connectivity index (χ0) is 21.6. The fraction of sp³-hybridized carbons (Fsp3) is 0.364. The highest BCUT2D eigenvalue weighted by molar-refractivity contribution is 5.87. The van der Waals surface area contributed by atoms with Crippen molar-refractivity contribution in [2.45, 2.75) is 51.7 Å². The summed E-state index contributed by atoms with van der Waals surface area (Å²) in [6.07, 6.45) is 1.55. The minimum atomic E-state index is -0.879. The van der Waals surface area contributed by atoms with E-state index in [-0.39, 0.29) is 6.10 Å². The molecule has 0 saturated carbocycles. The van der Waals surface area contributed by atoms with E-state index in [0.717, 1.165) is 6.42 Å². The summed E-state index contributed by atoms with van der Waals surface area (Å²) in [5.74, 6) is -1.76. The lowest BCUT2D eigenvalue weighted by Gasteiger charge is -2.23. The smallest absolute Gasteiger partial charge is 0.335 e. The van der Waals surface area contributed by atoms with Crippen LogP contribution in [0.4, 0.5) is 0 Å². The summed E-state index contributed by atoms with van der Waals surface area (Å²) in [6.45, 7) is 5.59. The highest BCUT2D eigenvalue weighted by atomic mass is 16.4. The van der Waals surface area contributed by atoms with Gasteiger partial charge in [0, 0.05) is 6.42 Å². The van der Waals surface area contributed by atoms with E-state index in [2.05, 4.69) is 0 Å². The maximum Gasteiger partial charge on any atom is 0.335 e. The molecule has 0 bridgehead atoms. The van der Waals surface area contributed by atoms with Crippen LogP contribution in [0, 0.1) is 0 Å². The second-order valence-corrected chi connectivity index (χ2v) is 6.46. The number of hydrogen-bond acceptors (Lipinski definition) is 4. The van der Waals surface area contributed by atoms with Crippen LogP contribution in [0.3, 0.4) is 0 Å². The van der Waals surface area contributed by atoms with Crippen molar-refractivity contribution in [3.05, 3.63) is 71.8 Å². The van der Waals surface area contributed by atoms with Crippen molar-refractivity contribution in [1.82, 2.24) is 0 Å². The number of benzene rings is 2. The molecule has 0 saturated heterocycles. The van der Waals surface area contributed by atoms with Crippen LogP contribution in [-0.4, -0.2) is 44.1 Å². The molecule has 0 radical (unpaired) electrons. The van der Waals surface area contributed by atoms with Crippen LogP contribution in [0.5, 0.6) is 0 Å². The molecule has 2 unspecified atom stereocenters. The van der Waals surface area contributed by atoms with Gasteiger partial charge in [-0.3, -0.25) is 0 Å². The van der Waals surface area contributed by atoms with E-state index in [1.165, 1.54) is 0 Å². The highest BCUT2D eigenvalue weighted by Crippen LogP contribution is 2.17.